The van der Waals surface area contributed by atoms with Gasteiger partial charge in [-0.1, -0.05) is 0 Å². The molecule has 5 nitrogen and oxygen atoms in total. The summed E-state index contributed by atoms with van der Waals surface area (Å²) in [6.07, 6.45) is 3.50. The second-order valence-corrected chi connectivity index (χ2v) is 3.57. The van der Waals surface area contributed by atoms with Gasteiger partial charge >= 0.3 is 0 Å². The average Bonchev–Trinajstić information content (AvgIpc) is 2.76. The van der Waals surface area contributed by atoms with Gasteiger partial charge in [-0.25, -0.2) is 4.98 Å². The normalized spacial score (nSPS) is 10.6. The molecule has 6 heteroatoms. The minimum atomic E-state index is -0.204. The fraction of sp³-hybridized carbons (Fsp3) is 0.300. The molecule has 16 heavy (non-hydrogen) atoms. The second-order valence-electron chi connectivity index (χ2n) is 3.30. The number of aryl methyl sites for hydroxylation is 1. The number of aromatic amines is 1. The highest BCUT2D eigenvalue weighted by atomic mass is 35.5. The van der Waals surface area contributed by atoms with Gasteiger partial charge in [0.05, 0.1) is 23.3 Å². The zero-order valence-corrected chi connectivity index (χ0v) is 9.53. The Labute approximate surface area is 97.1 Å². The molecule has 0 spiro atoms. The number of halogens is 1. The van der Waals surface area contributed by atoms with E-state index >= 15 is 0 Å². The lowest BCUT2D eigenvalue weighted by atomic mass is 10.3. The second kappa shape index (κ2) is 4.49. The van der Waals surface area contributed by atoms with Crippen LogP contribution in [0.5, 0.6) is 0 Å². The van der Waals surface area contributed by atoms with Crippen molar-refractivity contribution in [2.75, 3.05) is 0 Å². The molecule has 0 aliphatic rings. The zero-order valence-electron chi connectivity index (χ0n) is 8.77. The fourth-order valence-electron chi connectivity index (χ4n) is 1.37. The molecule has 0 aromatic carbocycles. The van der Waals surface area contributed by atoms with Crippen molar-refractivity contribution in [1.29, 1.82) is 0 Å². The summed E-state index contributed by atoms with van der Waals surface area (Å²) in [6.45, 7) is 2.77. The van der Waals surface area contributed by atoms with Crippen molar-refractivity contribution >= 4 is 11.6 Å². The van der Waals surface area contributed by atoms with Crippen molar-refractivity contribution in [2.45, 2.75) is 19.3 Å². The van der Waals surface area contributed by atoms with E-state index in [1.165, 1.54) is 6.07 Å². The molecule has 0 amide bonds. The summed E-state index contributed by atoms with van der Waals surface area (Å²) in [5, 5.41) is 4.12. The van der Waals surface area contributed by atoms with Gasteiger partial charge in [-0.05, 0) is 6.92 Å². The highest BCUT2D eigenvalue weighted by Crippen LogP contribution is 2.12. The van der Waals surface area contributed by atoms with Gasteiger partial charge in [0.25, 0.3) is 5.56 Å². The summed E-state index contributed by atoms with van der Waals surface area (Å²) in [6, 6.07) is 1.39. The molecule has 0 saturated heterocycles. The number of nitrogens with one attached hydrogen (secondary N) is 1. The number of H-pyrrole nitrogens is 1. The van der Waals surface area contributed by atoms with Crippen LogP contribution in [0.1, 0.15) is 12.6 Å². The van der Waals surface area contributed by atoms with Gasteiger partial charge in [-0.3, -0.25) is 9.48 Å². The quantitative estimate of drug-likeness (QED) is 0.822. The van der Waals surface area contributed by atoms with Gasteiger partial charge in [0, 0.05) is 18.8 Å². The van der Waals surface area contributed by atoms with E-state index in [0.717, 1.165) is 12.1 Å². The maximum Gasteiger partial charge on any atom is 0.251 e. The monoisotopic (exact) mass is 238 g/mol. The third kappa shape index (κ3) is 2.14. The number of aromatic nitrogens is 4. The molecule has 84 valence electrons. The lowest BCUT2D eigenvalue weighted by Gasteiger charge is -1.98. The van der Waals surface area contributed by atoms with Crippen molar-refractivity contribution < 1.29 is 0 Å². The van der Waals surface area contributed by atoms with E-state index in [4.69, 9.17) is 11.6 Å². The fourth-order valence-corrected chi connectivity index (χ4v) is 1.51. The third-order valence-electron chi connectivity index (χ3n) is 2.16. The van der Waals surface area contributed by atoms with Gasteiger partial charge in [0.15, 0.2) is 0 Å². The van der Waals surface area contributed by atoms with E-state index in [9.17, 15) is 4.79 Å². The number of hydrogen-bond donors (Lipinski definition) is 1. The van der Waals surface area contributed by atoms with Crippen LogP contribution in [0.15, 0.2) is 23.3 Å². The Morgan fingerprint density at radius 1 is 1.56 bits per heavy atom. The molecule has 2 aromatic rings. The summed E-state index contributed by atoms with van der Waals surface area (Å²) in [5.74, 6) is 0.724. The summed E-state index contributed by atoms with van der Waals surface area (Å²) < 4.78 is 1.77. The number of nitrogens with zero attached hydrogens (tertiary/aromatic N) is 3. The standard InChI is InChI=1S/C10H11ClN4O/c1-2-15-6-7(5-12-15)10-13-8(4-11)3-9(16)14-10/h3,5-6H,2,4H2,1H3,(H,13,14,16). The Morgan fingerprint density at radius 3 is 3.00 bits per heavy atom. The van der Waals surface area contributed by atoms with E-state index in [0.29, 0.717) is 11.5 Å². The van der Waals surface area contributed by atoms with E-state index in [1.54, 1.807) is 10.9 Å². The number of alkyl halides is 1. The first-order valence-electron chi connectivity index (χ1n) is 4.92. The van der Waals surface area contributed by atoms with E-state index in [1.807, 2.05) is 13.1 Å². The highest BCUT2D eigenvalue weighted by molar-refractivity contribution is 6.16. The topological polar surface area (TPSA) is 63.6 Å². The number of hydrogen-bond acceptors (Lipinski definition) is 3. The van der Waals surface area contributed by atoms with Crippen LogP contribution < -0.4 is 5.56 Å². The third-order valence-corrected chi connectivity index (χ3v) is 2.44. The van der Waals surface area contributed by atoms with Crippen molar-refractivity contribution in [1.82, 2.24) is 19.7 Å². The first kappa shape index (κ1) is 10.9. The van der Waals surface area contributed by atoms with Crippen LogP contribution in [0.25, 0.3) is 11.4 Å². The van der Waals surface area contributed by atoms with Crippen molar-refractivity contribution in [3.05, 3.63) is 34.5 Å². The number of rotatable bonds is 3. The van der Waals surface area contributed by atoms with Gasteiger partial charge in [0.1, 0.15) is 5.82 Å². The molecule has 0 bridgehead atoms. The molecule has 0 unspecified atom stereocenters. The lowest BCUT2D eigenvalue weighted by Crippen LogP contribution is -2.09. The van der Waals surface area contributed by atoms with Gasteiger partial charge < -0.3 is 4.98 Å². The van der Waals surface area contributed by atoms with E-state index < -0.39 is 0 Å². The zero-order chi connectivity index (χ0) is 11.5. The van der Waals surface area contributed by atoms with Crippen molar-refractivity contribution in [3.8, 4) is 11.4 Å². The highest BCUT2D eigenvalue weighted by Gasteiger charge is 2.05. The average molecular weight is 239 g/mol. The molecule has 2 rings (SSSR count). The van der Waals surface area contributed by atoms with Crippen LogP contribution in [-0.4, -0.2) is 19.7 Å². The Hall–Kier alpha value is -1.62. The van der Waals surface area contributed by atoms with E-state index in [2.05, 4.69) is 15.1 Å². The molecule has 2 aromatic heterocycles. The van der Waals surface area contributed by atoms with Gasteiger partial charge in [-0.2, -0.15) is 5.10 Å². The SMILES string of the molecule is CCn1cc(-c2nc(CCl)cc(=O)[nH]2)cn1. The van der Waals surface area contributed by atoms with Crippen LogP contribution >= 0.6 is 11.6 Å². The molecule has 0 aliphatic carbocycles. The molecule has 0 saturated carbocycles. The molecular formula is C10H11ClN4O. The largest absolute Gasteiger partial charge is 0.306 e. The summed E-state index contributed by atoms with van der Waals surface area (Å²) in [5.41, 5.74) is 1.14. The maximum absolute atomic E-state index is 11.3. The minimum Gasteiger partial charge on any atom is -0.306 e. The molecule has 0 fully saturated rings. The summed E-state index contributed by atoms with van der Waals surface area (Å²) in [4.78, 5) is 18.2. The summed E-state index contributed by atoms with van der Waals surface area (Å²) >= 11 is 5.65. The summed E-state index contributed by atoms with van der Waals surface area (Å²) in [7, 11) is 0. The Kier molecular flexibility index (Phi) is 3.05. The molecule has 2 heterocycles. The predicted molar refractivity (Wildman–Crippen MR) is 61.3 cm³/mol. The first-order chi connectivity index (χ1) is 7.72. The van der Waals surface area contributed by atoms with Crippen LogP contribution in [-0.2, 0) is 12.4 Å². The molecule has 1 N–H and O–H groups in total. The Bertz CT molecular complexity index is 546. The van der Waals surface area contributed by atoms with Crippen LogP contribution in [0, 0.1) is 0 Å². The molecule has 0 aliphatic heterocycles. The predicted octanol–water partition coefficient (Wildman–Crippen LogP) is 1.39. The lowest BCUT2D eigenvalue weighted by molar-refractivity contribution is 0.660. The maximum atomic E-state index is 11.3. The van der Waals surface area contributed by atoms with E-state index in [-0.39, 0.29) is 11.4 Å². The minimum absolute atomic E-state index is 0.204. The Morgan fingerprint density at radius 2 is 2.38 bits per heavy atom. The smallest absolute Gasteiger partial charge is 0.251 e. The van der Waals surface area contributed by atoms with Crippen molar-refractivity contribution in [2.24, 2.45) is 0 Å². The van der Waals surface area contributed by atoms with Crippen LogP contribution in [0.2, 0.25) is 0 Å². The van der Waals surface area contributed by atoms with Crippen molar-refractivity contribution in [3.63, 3.8) is 0 Å². The van der Waals surface area contributed by atoms with Gasteiger partial charge in [-0.15, -0.1) is 11.6 Å². The Balaban J connectivity index is 2.46. The molecule has 0 atom stereocenters. The molecule has 0 radical (unpaired) electrons. The van der Waals surface area contributed by atoms with Crippen LogP contribution in [0.4, 0.5) is 0 Å². The van der Waals surface area contributed by atoms with Crippen LogP contribution in [0.3, 0.4) is 0 Å². The molecular weight excluding hydrogens is 228 g/mol. The first-order valence-corrected chi connectivity index (χ1v) is 5.45. The van der Waals surface area contributed by atoms with Gasteiger partial charge in [0.2, 0.25) is 0 Å².